The first kappa shape index (κ1) is 17.0. The summed E-state index contributed by atoms with van der Waals surface area (Å²) in [6.45, 7) is 10.4. The molecule has 104 valence electrons. The Morgan fingerprint density at radius 3 is 2.53 bits per heavy atom. The van der Waals surface area contributed by atoms with Crippen LogP contribution in [0.3, 0.4) is 0 Å². The molecular formula is C15H22N2O2. The van der Waals surface area contributed by atoms with Gasteiger partial charge in [0.05, 0.1) is 11.5 Å². The van der Waals surface area contributed by atoms with Crippen LogP contribution in [-0.4, -0.2) is 36.3 Å². The van der Waals surface area contributed by atoms with Crippen molar-refractivity contribution in [1.29, 1.82) is 0 Å². The lowest BCUT2D eigenvalue weighted by Gasteiger charge is -2.24. The van der Waals surface area contributed by atoms with Gasteiger partial charge in [0, 0.05) is 19.6 Å². The lowest BCUT2D eigenvalue weighted by Crippen LogP contribution is -2.40. The highest BCUT2D eigenvalue weighted by atomic mass is 16.2. The number of terminal acetylenes is 1. The molecule has 19 heavy (non-hydrogen) atoms. The molecule has 0 saturated heterocycles. The van der Waals surface area contributed by atoms with Gasteiger partial charge in [0.25, 0.3) is 5.91 Å². The number of carbonyl (C=O) groups excluding carboxylic acids is 2. The van der Waals surface area contributed by atoms with Gasteiger partial charge in [-0.3, -0.25) is 9.59 Å². The van der Waals surface area contributed by atoms with Crippen LogP contribution >= 0.6 is 0 Å². The van der Waals surface area contributed by atoms with Crippen molar-refractivity contribution in [3.05, 3.63) is 24.3 Å². The van der Waals surface area contributed by atoms with E-state index in [1.807, 2.05) is 13.8 Å². The van der Waals surface area contributed by atoms with Crippen LogP contribution in [0.15, 0.2) is 24.3 Å². The Labute approximate surface area is 115 Å². The van der Waals surface area contributed by atoms with Crippen molar-refractivity contribution in [2.24, 2.45) is 5.92 Å². The average molecular weight is 262 g/mol. The van der Waals surface area contributed by atoms with E-state index in [0.717, 1.165) is 0 Å². The van der Waals surface area contributed by atoms with Crippen molar-refractivity contribution < 1.29 is 9.59 Å². The van der Waals surface area contributed by atoms with Crippen LogP contribution in [0, 0.1) is 18.3 Å². The molecule has 0 radical (unpaired) electrons. The molecule has 0 heterocycles. The molecule has 4 nitrogen and oxygen atoms in total. The zero-order valence-corrected chi connectivity index (χ0v) is 11.9. The molecule has 0 aromatic rings. The molecule has 0 saturated carbocycles. The van der Waals surface area contributed by atoms with Crippen LogP contribution in [0.4, 0.5) is 0 Å². The fourth-order valence-corrected chi connectivity index (χ4v) is 1.59. The van der Waals surface area contributed by atoms with Gasteiger partial charge in [-0.05, 0) is 19.9 Å². The third kappa shape index (κ3) is 5.43. The number of amides is 2. The lowest BCUT2D eigenvalue weighted by atomic mass is 10.1. The van der Waals surface area contributed by atoms with Crippen molar-refractivity contribution in [1.82, 2.24) is 10.2 Å². The standard InChI is InChI=1S/C15H22N2O2/c1-6-10-13(7-2)15(19)17(9-4)11-12(5)14(18)16-8-3/h2,6,10,12H,1,8-9,11H2,3-5H3,(H,16,18)/b13-10+. The number of allylic oxidation sites excluding steroid dienone is 2. The lowest BCUT2D eigenvalue weighted by molar-refractivity contribution is -0.129. The van der Waals surface area contributed by atoms with E-state index in [1.165, 1.54) is 12.2 Å². The van der Waals surface area contributed by atoms with E-state index in [9.17, 15) is 9.59 Å². The monoisotopic (exact) mass is 262 g/mol. The molecule has 0 rings (SSSR count). The van der Waals surface area contributed by atoms with Crippen molar-refractivity contribution in [2.75, 3.05) is 19.6 Å². The zero-order valence-electron chi connectivity index (χ0n) is 11.9. The third-order valence-corrected chi connectivity index (χ3v) is 2.63. The Balaban J connectivity index is 4.80. The molecule has 1 unspecified atom stereocenters. The minimum Gasteiger partial charge on any atom is -0.356 e. The van der Waals surface area contributed by atoms with E-state index in [4.69, 9.17) is 6.42 Å². The molecule has 0 aliphatic heterocycles. The molecule has 1 N–H and O–H groups in total. The molecule has 0 bridgehead atoms. The Morgan fingerprint density at radius 2 is 2.11 bits per heavy atom. The summed E-state index contributed by atoms with van der Waals surface area (Å²) in [5, 5.41) is 2.73. The van der Waals surface area contributed by atoms with Gasteiger partial charge in [0.15, 0.2) is 0 Å². The largest absolute Gasteiger partial charge is 0.356 e. The highest BCUT2D eigenvalue weighted by molar-refractivity contribution is 5.98. The summed E-state index contributed by atoms with van der Waals surface area (Å²) >= 11 is 0. The number of likely N-dealkylation sites (N-methyl/N-ethyl adjacent to an activating group) is 1. The molecule has 0 aliphatic rings. The molecular weight excluding hydrogens is 240 g/mol. The molecule has 0 fully saturated rings. The maximum Gasteiger partial charge on any atom is 0.262 e. The minimum absolute atomic E-state index is 0.0660. The Morgan fingerprint density at radius 1 is 1.47 bits per heavy atom. The third-order valence-electron chi connectivity index (χ3n) is 2.63. The van der Waals surface area contributed by atoms with Crippen LogP contribution in [0.1, 0.15) is 20.8 Å². The van der Waals surface area contributed by atoms with Crippen molar-refractivity contribution in [3.63, 3.8) is 0 Å². The molecule has 2 amide bonds. The van der Waals surface area contributed by atoms with Gasteiger partial charge in [-0.15, -0.1) is 6.42 Å². The topological polar surface area (TPSA) is 49.4 Å². The fraction of sp³-hybridized carbons (Fsp3) is 0.467. The van der Waals surface area contributed by atoms with Gasteiger partial charge in [-0.1, -0.05) is 25.5 Å². The molecule has 0 aromatic carbocycles. The van der Waals surface area contributed by atoms with E-state index in [1.54, 1.807) is 11.8 Å². The minimum atomic E-state index is -0.272. The Bertz CT molecular complexity index is 405. The van der Waals surface area contributed by atoms with Crippen LogP contribution in [0.2, 0.25) is 0 Å². The summed E-state index contributed by atoms with van der Waals surface area (Å²) in [6, 6.07) is 0. The first-order valence-corrected chi connectivity index (χ1v) is 6.38. The van der Waals surface area contributed by atoms with Gasteiger partial charge in [0.2, 0.25) is 5.91 Å². The van der Waals surface area contributed by atoms with Crippen LogP contribution in [0.5, 0.6) is 0 Å². The summed E-state index contributed by atoms with van der Waals surface area (Å²) in [5.74, 6) is 1.76. The first-order chi connectivity index (χ1) is 9.01. The zero-order chi connectivity index (χ0) is 14.8. The van der Waals surface area contributed by atoms with Crippen LogP contribution in [0.25, 0.3) is 0 Å². The molecule has 4 heteroatoms. The predicted octanol–water partition coefficient (Wildman–Crippen LogP) is 1.35. The van der Waals surface area contributed by atoms with E-state index in [-0.39, 0.29) is 23.3 Å². The Kier molecular flexibility index (Phi) is 8.03. The Hall–Kier alpha value is -2.02. The van der Waals surface area contributed by atoms with Gasteiger partial charge in [0.1, 0.15) is 0 Å². The summed E-state index contributed by atoms with van der Waals surface area (Å²) in [6.07, 6.45) is 8.28. The molecule has 0 aromatic heterocycles. The summed E-state index contributed by atoms with van der Waals surface area (Å²) in [5.41, 5.74) is 0.250. The maximum atomic E-state index is 12.1. The summed E-state index contributed by atoms with van der Waals surface area (Å²) < 4.78 is 0. The summed E-state index contributed by atoms with van der Waals surface area (Å²) in [7, 11) is 0. The fourth-order valence-electron chi connectivity index (χ4n) is 1.59. The number of carbonyl (C=O) groups is 2. The smallest absolute Gasteiger partial charge is 0.262 e. The molecule has 0 aliphatic carbocycles. The highest BCUT2D eigenvalue weighted by Gasteiger charge is 2.21. The second-order valence-corrected chi connectivity index (χ2v) is 4.10. The van der Waals surface area contributed by atoms with Gasteiger partial charge < -0.3 is 10.2 Å². The SMILES string of the molecule is C#C/C(=C\C=C)C(=O)N(CC)CC(C)C(=O)NCC. The predicted molar refractivity (Wildman–Crippen MR) is 77.2 cm³/mol. The van der Waals surface area contributed by atoms with Gasteiger partial charge in [-0.2, -0.15) is 0 Å². The number of rotatable bonds is 7. The second-order valence-electron chi connectivity index (χ2n) is 4.10. The van der Waals surface area contributed by atoms with Gasteiger partial charge >= 0.3 is 0 Å². The van der Waals surface area contributed by atoms with Crippen LogP contribution < -0.4 is 5.32 Å². The van der Waals surface area contributed by atoms with Crippen LogP contribution in [-0.2, 0) is 9.59 Å². The molecule has 0 spiro atoms. The number of nitrogens with one attached hydrogen (secondary N) is 1. The highest BCUT2D eigenvalue weighted by Crippen LogP contribution is 2.06. The van der Waals surface area contributed by atoms with E-state index < -0.39 is 0 Å². The van der Waals surface area contributed by atoms with E-state index in [2.05, 4.69) is 17.8 Å². The van der Waals surface area contributed by atoms with Crippen molar-refractivity contribution in [2.45, 2.75) is 20.8 Å². The average Bonchev–Trinajstić information content (AvgIpc) is 2.41. The number of hydrogen-bond acceptors (Lipinski definition) is 2. The first-order valence-electron chi connectivity index (χ1n) is 6.38. The maximum absolute atomic E-state index is 12.1. The molecule has 1 atom stereocenters. The van der Waals surface area contributed by atoms with E-state index in [0.29, 0.717) is 19.6 Å². The van der Waals surface area contributed by atoms with Crippen molar-refractivity contribution in [3.8, 4) is 12.3 Å². The number of hydrogen-bond donors (Lipinski definition) is 1. The second kappa shape index (κ2) is 8.98. The quantitative estimate of drug-likeness (QED) is 0.428. The van der Waals surface area contributed by atoms with E-state index >= 15 is 0 Å². The normalized spacial score (nSPS) is 12.2. The summed E-state index contributed by atoms with van der Waals surface area (Å²) in [4.78, 5) is 25.4. The number of nitrogens with zero attached hydrogens (tertiary/aromatic N) is 1. The van der Waals surface area contributed by atoms with Crippen molar-refractivity contribution >= 4 is 11.8 Å². The van der Waals surface area contributed by atoms with Gasteiger partial charge in [-0.25, -0.2) is 0 Å².